The summed E-state index contributed by atoms with van der Waals surface area (Å²) in [6, 6.07) is 0.384. The van der Waals surface area contributed by atoms with Crippen molar-refractivity contribution in [3.8, 4) is 0 Å². The second-order valence-electron chi connectivity index (χ2n) is 3.08. The molecule has 0 saturated carbocycles. The van der Waals surface area contributed by atoms with Gasteiger partial charge in [0.15, 0.2) is 0 Å². The number of nitrogens with two attached hydrogens (primary N) is 1. The standard InChI is InChI=1S/C8H15N/c1-6-4-3-5-7(2)8(6)9/h3-4,6-8H,5,9H2,1-2H3/t6-,7+,8+/m1/s1. The molecule has 1 aliphatic carbocycles. The van der Waals surface area contributed by atoms with Gasteiger partial charge in [-0.05, 0) is 18.3 Å². The third-order valence-electron chi connectivity index (χ3n) is 2.21. The molecule has 0 unspecified atom stereocenters. The molecule has 0 aromatic carbocycles. The highest BCUT2D eigenvalue weighted by atomic mass is 14.7. The minimum atomic E-state index is 0.384. The molecule has 0 spiro atoms. The average Bonchev–Trinajstić information content (AvgIpc) is 1.83. The van der Waals surface area contributed by atoms with Gasteiger partial charge < -0.3 is 5.73 Å². The van der Waals surface area contributed by atoms with Crippen molar-refractivity contribution in [3.63, 3.8) is 0 Å². The number of hydrogen-bond acceptors (Lipinski definition) is 1. The molecule has 0 heterocycles. The maximum absolute atomic E-state index is 5.87. The summed E-state index contributed by atoms with van der Waals surface area (Å²) in [7, 11) is 0. The molecule has 1 heteroatoms. The average molecular weight is 125 g/mol. The van der Waals surface area contributed by atoms with E-state index in [1.807, 2.05) is 0 Å². The van der Waals surface area contributed by atoms with Crippen molar-refractivity contribution >= 4 is 0 Å². The summed E-state index contributed by atoms with van der Waals surface area (Å²) in [4.78, 5) is 0. The van der Waals surface area contributed by atoms with Gasteiger partial charge in [-0.25, -0.2) is 0 Å². The normalized spacial score (nSPS) is 43.2. The highest BCUT2D eigenvalue weighted by Gasteiger charge is 2.19. The van der Waals surface area contributed by atoms with Crippen molar-refractivity contribution in [1.29, 1.82) is 0 Å². The Morgan fingerprint density at radius 3 is 2.56 bits per heavy atom. The van der Waals surface area contributed by atoms with Crippen LogP contribution in [0.3, 0.4) is 0 Å². The molecule has 9 heavy (non-hydrogen) atoms. The highest BCUT2D eigenvalue weighted by Crippen LogP contribution is 2.20. The SMILES string of the molecule is C[C@@H]1C=CC[C@H](C)[C@H]1N. The first kappa shape index (κ1) is 6.81. The molecular formula is C8H15N. The van der Waals surface area contributed by atoms with Crippen LogP contribution in [0.25, 0.3) is 0 Å². The topological polar surface area (TPSA) is 26.0 Å². The predicted molar refractivity (Wildman–Crippen MR) is 40.1 cm³/mol. The van der Waals surface area contributed by atoms with Gasteiger partial charge in [-0.1, -0.05) is 26.0 Å². The van der Waals surface area contributed by atoms with Gasteiger partial charge in [-0.15, -0.1) is 0 Å². The molecule has 2 N–H and O–H groups in total. The van der Waals surface area contributed by atoms with Crippen LogP contribution in [0.5, 0.6) is 0 Å². The van der Waals surface area contributed by atoms with Gasteiger partial charge in [0, 0.05) is 6.04 Å². The molecule has 1 rings (SSSR count). The van der Waals surface area contributed by atoms with E-state index in [0.29, 0.717) is 17.9 Å². The molecule has 0 aromatic rings. The maximum atomic E-state index is 5.87. The van der Waals surface area contributed by atoms with E-state index in [2.05, 4.69) is 26.0 Å². The van der Waals surface area contributed by atoms with Crippen molar-refractivity contribution in [3.05, 3.63) is 12.2 Å². The molecule has 0 amide bonds. The molecule has 52 valence electrons. The summed E-state index contributed by atoms with van der Waals surface area (Å²) in [5, 5.41) is 0. The van der Waals surface area contributed by atoms with Gasteiger partial charge in [0.1, 0.15) is 0 Å². The molecule has 0 fully saturated rings. The zero-order chi connectivity index (χ0) is 6.85. The lowest BCUT2D eigenvalue weighted by atomic mass is 9.84. The van der Waals surface area contributed by atoms with Crippen LogP contribution >= 0.6 is 0 Å². The molecule has 0 bridgehead atoms. The largest absolute Gasteiger partial charge is 0.327 e. The molecular weight excluding hydrogens is 110 g/mol. The highest BCUT2D eigenvalue weighted by molar-refractivity contribution is 4.99. The fraction of sp³-hybridized carbons (Fsp3) is 0.750. The molecule has 3 atom stereocenters. The predicted octanol–water partition coefficient (Wildman–Crippen LogP) is 1.55. The van der Waals surface area contributed by atoms with E-state index in [1.54, 1.807) is 0 Å². The Morgan fingerprint density at radius 2 is 2.11 bits per heavy atom. The fourth-order valence-corrected chi connectivity index (χ4v) is 1.31. The van der Waals surface area contributed by atoms with Crippen LogP contribution in [0.15, 0.2) is 12.2 Å². The van der Waals surface area contributed by atoms with E-state index in [4.69, 9.17) is 5.73 Å². The summed E-state index contributed by atoms with van der Waals surface area (Å²) in [6.45, 7) is 4.39. The van der Waals surface area contributed by atoms with E-state index in [-0.39, 0.29) is 0 Å². The smallest absolute Gasteiger partial charge is 0.0128 e. The maximum Gasteiger partial charge on any atom is 0.0128 e. The zero-order valence-electron chi connectivity index (χ0n) is 6.17. The third-order valence-corrected chi connectivity index (χ3v) is 2.21. The van der Waals surface area contributed by atoms with Crippen LogP contribution in [-0.4, -0.2) is 6.04 Å². The summed E-state index contributed by atoms with van der Waals surface area (Å²) in [5.41, 5.74) is 5.87. The van der Waals surface area contributed by atoms with Crippen LogP contribution < -0.4 is 5.73 Å². The number of hydrogen-bond donors (Lipinski definition) is 1. The Morgan fingerprint density at radius 1 is 1.44 bits per heavy atom. The van der Waals surface area contributed by atoms with Crippen molar-refractivity contribution in [2.75, 3.05) is 0 Å². The van der Waals surface area contributed by atoms with E-state index in [1.165, 1.54) is 0 Å². The third kappa shape index (κ3) is 1.33. The van der Waals surface area contributed by atoms with Gasteiger partial charge >= 0.3 is 0 Å². The minimum absolute atomic E-state index is 0.384. The first-order chi connectivity index (χ1) is 4.22. The van der Waals surface area contributed by atoms with Crippen LogP contribution in [0.1, 0.15) is 20.3 Å². The number of rotatable bonds is 0. The lowest BCUT2D eigenvalue weighted by Crippen LogP contribution is -2.35. The lowest BCUT2D eigenvalue weighted by Gasteiger charge is -2.26. The molecule has 1 aliphatic rings. The first-order valence-electron chi connectivity index (χ1n) is 3.64. The summed E-state index contributed by atoms with van der Waals surface area (Å²) >= 11 is 0. The Kier molecular flexibility index (Phi) is 1.91. The Labute approximate surface area is 56.9 Å². The first-order valence-corrected chi connectivity index (χ1v) is 3.64. The molecule has 0 aliphatic heterocycles. The van der Waals surface area contributed by atoms with Gasteiger partial charge in [0.05, 0.1) is 0 Å². The van der Waals surface area contributed by atoms with E-state index in [9.17, 15) is 0 Å². The summed E-state index contributed by atoms with van der Waals surface area (Å²) in [5.74, 6) is 1.25. The summed E-state index contributed by atoms with van der Waals surface area (Å²) < 4.78 is 0. The van der Waals surface area contributed by atoms with E-state index in [0.717, 1.165) is 6.42 Å². The Hall–Kier alpha value is -0.300. The minimum Gasteiger partial charge on any atom is -0.327 e. The molecule has 0 aromatic heterocycles. The van der Waals surface area contributed by atoms with Crippen LogP contribution in [0.2, 0.25) is 0 Å². The monoisotopic (exact) mass is 125 g/mol. The second kappa shape index (κ2) is 2.53. The number of allylic oxidation sites excluding steroid dienone is 1. The molecule has 0 radical (unpaired) electrons. The lowest BCUT2D eigenvalue weighted by molar-refractivity contribution is 0.373. The molecule has 1 nitrogen and oxygen atoms in total. The quantitative estimate of drug-likeness (QED) is 0.488. The van der Waals surface area contributed by atoms with E-state index < -0.39 is 0 Å². The van der Waals surface area contributed by atoms with Crippen LogP contribution in [-0.2, 0) is 0 Å². The fourth-order valence-electron chi connectivity index (χ4n) is 1.31. The Balaban J connectivity index is 2.58. The van der Waals surface area contributed by atoms with Crippen LogP contribution in [0.4, 0.5) is 0 Å². The molecule has 0 saturated heterocycles. The van der Waals surface area contributed by atoms with Crippen molar-refractivity contribution < 1.29 is 0 Å². The zero-order valence-corrected chi connectivity index (χ0v) is 6.17. The van der Waals surface area contributed by atoms with Crippen molar-refractivity contribution in [2.45, 2.75) is 26.3 Å². The second-order valence-corrected chi connectivity index (χ2v) is 3.08. The van der Waals surface area contributed by atoms with Crippen LogP contribution in [0, 0.1) is 11.8 Å². The van der Waals surface area contributed by atoms with Gasteiger partial charge in [-0.3, -0.25) is 0 Å². The Bertz CT molecular complexity index is 118. The summed E-state index contributed by atoms with van der Waals surface area (Å²) in [6.07, 6.45) is 5.61. The van der Waals surface area contributed by atoms with Gasteiger partial charge in [0.2, 0.25) is 0 Å². The van der Waals surface area contributed by atoms with Crippen molar-refractivity contribution in [1.82, 2.24) is 0 Å². The van der Waals surface area contributed by atoms with Gasteiger partial charge in [-0.2, -0.15) is 0 Å². The van der Waals surface area contributed by atoms with Crippen molar-refractivity contribution in [2.24, 2.45) is 17.6 Å². The van der Waals surface area contributed by atoms with E-state index >= 15 is 0 Å². The van der Waals surface area contributed by atoms with Gasteiger partial charge in [0.25, 0.3) is 0 Å².